The fourth-order valence-corrected chi connectivity index (χ4v) is 4.31. The van der Waals surface area contributed by atoms with Gasteiger partial charge >= 0.3 is 0 Å². The minimum absolute atomic E-state index is 0.00898. The molecule has 0 bridgehead atoms. The summed E-state index contributed by atoms with van der Waals surface area (Å²) in [6.07, 6.45) is 7.34. The summed E-state index contributed by atoms with van der Waals surface area (Å²) < 4.78 is 7.78. The molecule has 5 nitrogen and oxygen atoms in total. The molecule has 5 heteroatoms. The largest absolute Gasteiger partial charge is 0.508 e. The summed E-state index contributed by atoms with van der Waals surface area (Å²) in [5, 5.41) is 23.3. The summed E-state index contributed by atoms with van der Waals surface area (Å²) in [5.41, 5.74) is 0.967. The number of phenolic OH excluding ortho intramolecular Hbond substituents is 1. The maximum Gasteiger partial charge on any atom is 0.203 e. The molecule has 132 valence electrons. The molecule has 5 rings (SSSR count). The molecule has 2 heterocycles. The van der Waals surface area contributed by atoms with Crippen molar-refractivity contribution in [2.45, 2.75) is 38.1 Å². The fourth-order valence-electron chi connectivity index (χ4n) is 4.31. The highest BCUT2D eigenvalue weighted by Crippen LogP contribution is 2.40. The Labute approximate surface area is 149 Å². The summed E-state index contributed by atoms with van der Waals surface area (Å²) in [6.45, 7) is 0. The fraction of sp³-hybridized carbons (Fsp3) is 0.286. The van der Waals surface area contributed by atoms with E-state index in [9.17, 15) is 15.0 Å². The molecule has 2 aromatic heterocycles. The number of hydrogen-bond acceptors (Lipinski definition) is 4. The monoisotopic (exact) mass is 349 g/mol. The van der Waals surface area contributed by atoms with Crippen molar-refractivity contribution in [1.29, 1.82) is 0 Å². The first-order valence-electron chi connectivity index (χ1n) is 9.05. The quantitative estimate of drug-likeness (QED) is 0.382. The molecule has 0 atom stereocenters. The van der Waals surface area contributed by atoms with Crippen LogP contribution in [0.2, 0.25) is 0 Å². The van der Waals surface area contributed by atoms with E-state index in [1.54, 1.807) is 24.3 Å². The summed E-state index contributed by atoms with van der Waals surface area (Å²) in [7, 11) is 0. The molecule has 0 spiro atoms. The first kappa shape index (κ1) is 15.3. The molecule has 2 N–H and O–H groups in total. The highest BCUT2D eigenvalue weighted by Gasteiger charge is 2.22. The summed E-state index contributed by atoms with van der Waals surface area (Å²) >= 11 is 0. The summed E-state index contributed by atoms with van der Waals surface area (Å²) in [5.74, 6) is 0.147. The van der Waals surface area contributed by atoms with Gasteiger partial charge < -0.3 is 19.2 Å². The van der Waals surface area contributed by atoms with Crippen LogP contribution in [0.15, 0.2) is 45.7 Å². The van der Waals surface area contributed by atoms with E-state index in [2.05, 4.69) is 0 Å². The molecule has 4 aromatic rings. The predicted octanol–water partition coefficient (Wildman–Crippen LogP) is 4.82. The number of aromatic hydroxyl groups is 2. The van der Waals surface area contributed by atoms with Crippen LogP contribution in [-0.2, 0) is 0 Å². The first-order chi connectivity index (χ1) is 12.6. The van der Waals surface area contributed by atoms with E-state index >= 15 is 0 Å². The smallest absolute Gasteiger partial charge is 0.203 e. The normalized spacial score (nSPS) is 16.0. The third-order valence-corrected chi connectivity index (χ3v) is 5.58. The molecule has 1 saturated carbocycles. The van der Waals surface area contributed by atoms with Crippen LogP contribution in [0.3, 0.4) is 0 Å². The van der Waals surface area contributed by atoms with Gasteiger partial charge in [0.15, 0.2) is 5.43 Å². The van der Waals surface area contributed by atoms with Gasteiger partial charge in [0.1, 0.15) is 16.9 Å². The van der Waals surface area contributed by atoms with E-state index in [4.69, 9.17) is 4.42 Å². The van der Waals surface area contributed by atoms with Crippen molar-refractivity contribution in [2.24, 2.45) is 0 Å². The van der Waals surface area contributed by atoms with Crippen molar-refractivity contribution in [3.05, 3.63) is 46.8 Å². The van der Waals surface area contributed by atoms with Gasteiger partial charge in [-0.3, -0.25) is 4.79 Å². The van der Waals surface area contributed by atoms with Crippen molar-refractivity contribution in [1.82, 2.24) is 4.57 Å². The molecule has 0 radical (unpaired) electrons. The van der Waals surface area contributed by atoms with Crippen LogP contribution >= 0.6 is 0 Å². The lowest BCUT2D eigenvalue weighted by atomic mass is 9.94. The van der Waals surface area contributed by atoms with Crippen LogP contribution in [0.25, 0.3) is 32.7 Å². The van der Waals surface area contributed by atoms with Crippen LogP contribution in [0.1, 0.15) is 38.1 Å². The van der Waals surface area contributed by atoms with Crippen LogP contribution in [0.5, 0.6) is 11.6 Å². The Balaban J connectivity index is 1.98. The van der Waals surface area contributed by atoms with E-state index in [0.29, 0.717) is 21.9 Å². The Morgan fingerprint density at radius 3 is 2.50 bits per heavy atom. The van der Waals surface area contributed by atoms with Crippen LogP contribution in [0.4, 0.5) is 0 Å². The van der Waals surface area contributed by atoms with Crippen molar-refractivity contribution in [2.75, 3.05) is 0 Å². The standard InChI is InChI=1S/C21H19NO4/c23-13-6-8-17-14(10-13)15-11-22(12-4-2-1-3-5-12)21(25)20-16(24)7-9-18(26-17)19(15)20/h6-12,23,25H,1-5H2. The number of hydrogen-bond donors (Lipinski definition) is 2. The second kappa shape index (κ2) is 5.53. The SMILES string of the molecule is O=c1ccc2oc3ccc(O)cc3c3cn(C4CCCCC4)c(O)c1c23. The highest BCUT2D eigenvalue weighted by molar-refractivity contribution is 6.18. The molecular weight excluding hydrogens is 330 g/mol. The Morgan fingerprint density at radius 1 is 0.923 bits per heavy atom. The zero-order valence-corrected chi connectivity index (χ0v) is 14.2. The molecule has 1 aliphatic rings. The lowest BCUT2D eigenvalue weighted by molar-refractivity contribution is 0.313. The molecule has 0 saturated heterocycles. The van der Waals surface area contributed by atoms with Gasteiger partial charge in [-0.25, -0.2) is 0 Å². The van der Waals surface area contributed by atoms with E-state index < -0.39 is 0 Å². The zero-order chi connectivity index (χ0) is 17.8. The number of aromatic nitrogens is 1. The highest BCUT2D eigenvalue weighted by atomic mass is 16.3. The van der Waals surface area contributed by atoms with Crippen molar-refractivity contribution in [3.63, 3.8) is 0 Å². The van der Waals surface area contributed by atoms with E-state index in [1.165, 1.54) is 12.5 Å². The third kappa shape index (κ3) is 2.13. The predicted molar refractivity (Wildman–Crippen MR) is 101 cm³/mol. The Morgan fingerprint density at radius 2 is 1.69 bits per heavy atom. The molecular formula is C21H19NO4. The van der Waals surface area contributed by atoms with Crippen molar-refractivity contribution in [3.8, 4) is 11.6 Å². The molecule has 2 aromatic carbocycles. The maximum atomic E-state index is 12.6. The van der Waals surface area contributed by atoms with Gasteiger partial charge in [0.25, 0.3) is 0 Å². The maximum absolute atomic E-state index is 12.6. The van der Waals surface area contributed by atoms with Gasteiger partial charge in [-0.15, -0.1) is 0 Å². The topological polar surface area (TPSA) is 75.6 Å². The van der Waals surface area contributed by atoms with Gasteiger partial charge in [0.05, 0.1) is 5.39 Å². The molecule has 0 aliphatic heterocycles. The Hall–Kier alpha value is -2.95. The van der Waals surface area contributed by atoms with Crippen LogP contribution < -0.4 is 5.43 Å². The number of fused-ring (bicyclic) bond motifs is 2. The van der Waals surface area contributed by atoms with Crippen LogP contribution in [-0.4, -0.2) is 14.8 Å². The third-order valence-electron chi connectivity index (χ3n) is 5.58. The summed E-state index contributed by atoms with van der Waals surface area (Å²) in [4.78, 5) is 12.6. The average molecular weight is 349 g/mol. The Bertz CT molecular complexity index is 1210. The molecule has 1 aliphatic carbocycles. The van der Waals surface area contributed by atoms with E-state index in [-0.39, 0.29) is 23.1 Å². The van der Waals surface area contributed by atoms with Gasteiger partial charge in [-0.05, 0) is 43.2 Å². The van der Waals surface area contributed by atoms with Crippen molar-refractivity contribution >= 4 is 32.7 Å². The van der Waals surface area contributed by atoms with Gasteiger partial charge in [0.2, 0.25) is 5.88 Å². The first-order valence-corrected chi connectivity index (χ1v) is 9.05. The van der Waals surface area contributed by atoms with Crippen molar-refractivity contribution < 1.29 is 14.6 Å². The number of rotatable bonds is 1. The molecule has 1 fully saturated rings. The minimum atomic E-state index is -0.222. The molecule has 0 amide bonds. The van der Waals surface area contributed by atoms with E-state index in [0.717, 1.165) is 36.5 Å². The van der Waals surface area contributed by atoms with Gasteiger partial charge in [-0.1, -0.05) is 19.3 Å². The number of pyridine rings is 1. The van der Waals surface area contributed by atoms with E-state index in [1.807, 2.05) is 10.8 Å². The number of benzene rings is 2. The molecule has 0 unspecified atom stereocenters. The lowest BCUT2D eigenvalue weighted by Crippen LogP contribution is -2.15. The second-order valence-corrected chi connectivity index (χ2v) is 7.16. The average Bonchev–Trinajstić information content (AvgIpc) is 2.66. The second-order valence-electron chi connectivity index (χ2n) is 7.16. The lowest BCUT2D eigenvalue weighted by Gasteiger charge is -2.27. The number of phenols is 1. The minimum Gasteiger partial charge on any atom is -0.508 e. The summed E-state index contributed by atoms with van der Waals surface area (Å²) in [6, 6.07) is 8.22. The van der Waals surface area contributed by atoms with Crippen LogP contribution in [0, 0.1) is 0 Å². The van der Waals surface area contributed by atoms with Gasteiger partial charge in [-0.2, -0.15) is 0 Å². The number of nitrogens with zero attached hydrogens (tertiary/aromatic N) is 1. The molecule has 26 heavy (non-hydrogen) atoms. The Kier molecular flexibility index (Phi) is 3.26. The zero-order valence-electron chi connectivity index (χ0n) is 14.2. The van der Waals surface area contributed by atoms with Gasteiger partial charge in [0, 0.05) is 28.4 Å².